The summed E-state index contributed by atoms with van der Waals surface area (Å²) in [6.07, 6.45) is 3.81. The van der Waals surface area contributed by atoms with Crippen LogP contribution in [-0.2, 0) is 4.79 Å². The third-order valence-corrected chi connectivity index (χ3v) is 2.87. The smallest absolute Gasteiger partial charge is 0.326 e. The predicted octanol–water partition coefficient (Wildman–Crippen LogP) is 0.770. The first kappa shape index (κ1) is 12.3. The maximum absolute atomic E-state index is 11.8. The number of nitrogens with one attached hydrogen (secondary N) is 1. The van der Waals surface area contributed by atoms with Gasteiger partial charge in [-0.25, -0.2) is 9.78 Å². The standard InChI is InChI=1S/C12H14N2O4/c15-9-2-1-5-13-10(9)11(16)14-8(12(17)18)6-7-3-4-7/h1-2,5,7-8,15H,3-4,6H2,(H,14,16)(H,17,18). The number of amides is 1. The normalized spacial score (nSPS) is 16.0. The molecular weight excluding hydrogens is 236 g/mol. The molecule has 2 rings (SSSR count). The number of carbonyl (C=O) groups excluding carboxylic acids is 1. The van der Waals surface area contributed by atoms with Crippen molar-refractivity contribution in [1.29, 1.82) is 0 Å². The van der Waals surface area contributed by atoms with E-state index >= 15 is 0 Å². The molecule has 0 bridgehead atoms. The zero-order valence-electron chi connectivity index (χ0n) is 9.67. The Morgan fingerprint density at radius 3 is 2.78 bits per heavy atom. The quantitative estimate of drug-likeness (QED) is 0.716. The molecule has 1 atom stereocenters. The van der Waals surface area contributed by atoms with Crippen LogP contribution in [-0.4, -0.2) is 33.1 Å². The molecule has 1 heterocycles. The summed E-state index contributed by atoms with van der Waals surface area (Å²) in [5.41, 5.74) is -0.153. The summed E-state index contributed by atoms with van der Waals surface area (Å²) in [6, 6.07) is 1.90. The van der Waals surface area contributed by atoms with E-state index in [4.69, 9.17) is 5.11 Å². The van der Waals surface area contributed by atoms with Crippen molar-refractivity contribution in [3.05, 3.63) is 24.0 Å². The van der Waals surface area contributed by atoms with Gasteiger partial charge in [0, 0.05) is 6.20 Å². The monoisotopic (exact) mass is 250 g/mol. The first-order valence-electron chi connectivity index (χ1n) is 5.75. The second-order valence-electron chi connectivity index (χ2n) is 4.41. The van der Waals surface area contributed by atoms with Crippen molar-refractivity contribution < 1.29 is 19.8 Å². The lowest BCUT2D eigenvalue weighted by atomic mass is 10.1. The molecule has 1 fully saturated rings. The molecule has 0 aromatic carbocycles. The highest BCUT2D eigenvalue weighted by Crippen LogP contribution is 2.33. The molecule has 96 valence electrons. The second-order valence-corrected chi connectivity index (χ2v) is 4.41. The van der Waals surface area contributed by atoms with E-state index in [1.165, 1.54) is 18.3 Å². The maximum Gasteiger partial charge on any atom is 0.326 e. The zero-order valence-corrected chi connectivity index (χ0v) is 9.67. The van der Waals surface area contributed by atoms with Gasteiger partial charge in [0.15, 0.2) is 5.69 Å². The number of hydrogen-bond acceptors (Lipinski definition) is 4. The van der Waals surface area contributed by atoms with Gasteiger partial charge in [-0.05, 0) is 24.5 Å². The molecule has 18 heavy (non-hydrogen) atoms. The number of aliphatic carboxylic acids is 1. The van der Waals surface area contributed by atoms with Crippen LogP contribution in [0.15, 0.2) is 18.3 Å². The topological polar surface area (TPSA) is 99.5 Å². The largest absolute Gasteiger partial charge is 0.505 e. The van der Waals surface area contributed by atoms with Gasteiger partial charge in [-0.3, -0.25) is 4.79 Å². The van der Waals surface area contributed by atoms with Crippen molar-refractivity contribution in [2.75, 3.05) is 0 Å². The molecule has 0 aliphatic heterocycles. The average Bonchev–Trinajstić information content (AvgIpc) is 3.12. The fourth-order valence-electron chi connectivity index (χ4n) is 1.71. The van der Waals surface area contributed by atoms with Gasteiger partial charge in [-0.1, -0.05) is 12.8 Å². The Morgan fingerprint density at radius 1 is 1.50 bits per heavy atom. The summed E-state index contributed by atoms with van der Waals surface area (Å²) in [6.45, 7) is 0. The summed E-state index contributed by atoms with van der Waals surface area (Å²) in [7, 11) is 0. The highest BCUT2D eigenvalue weighted by Gasteiger charge is 2.30. The van der Waals surface area contributed by atoms with Crippen molar-refractivity contribution in [2.45, 2.75) is 25.3 Å². The van der Waals surface area contributed by atoms with E-state index in [0.29, 0.717) is 12.3 Å². The molecule has 1 aromatic rings. The zero-order chi connectivity index (χ0) is 13.1. The molecule has 0 saturated heterocycles. The van der Waals surface area contributed by atoms with Crippen molar-refractivity contribution in [2.24, 2.45) is 5.92 Å². The maximum atomic E-state index is 11.8. The summed E-state index contributed by atoms with van der Waals surface area (Å²) >= 11 is 0. The lowest BCUT2D eigenvalue weighted by molar-refractivity contribution is -0.139. The molecule has 1 aromatic heterocycles. The minimum absolute atomic E-state index is 0.153. The van der Waals surface area contributed by atoms with Gasteiger partial charge in [0.25, 0.3) is 5.91 Å². The van der Waals surface area contributed by atoms with Crippen molar-refractivity contribution >= 4 is 11.9 Å². The number of carbonyl (C=O) groups is 2. The van der Waals surface area contributed by atoms with E-state index in [2.05, 4.69) is 10.3 Å². The predicted molar refractivity (Wildman–Crippen MR) is 62.1 cm³/mol. The van der Waals surface area contributed by atoms with Gasteiger partial charge in [0.05, 0.1) is 0 Å². The van der Waals surface area contributed by atoms with Crippen LogP contribution in [0.5, 0.6) is 5.75 Å². The Bertz CT molecular complexity index is 471. The lowest BCUT2D eigenvalue weighted by Gasteiger charge is -2.13. The van der Waals surface area contributed by atoms with Crippen LogP contribution in [0.2, 0.25) is 0 Å². The molecule has 3 N–H and O–H groups in total. The molecule has 1 amide bonds. The fourth-order valence-corrected chi connectivity index (χ4v) is 1.71. The van der Waals surface area contributed by atoms with Crippen LogP contribution in [0, 0.1) is 5.92 Å². The Morgan fingerprint density at radius 2 is 2.22 bits per heavy atom. The van der Waals surface area contributed by atoms with Crippen LogP contribution in [0.3, 0.4) is 0 Å². The van der Waals surface area contributed by atoms with E-state index in [0.717, 1.165) is 12.8 Å². The molecule has 0 spiro atoms. The molecule has 6 heteroatoms. The first-order chi connectivity index (χ1) is 8.58. The number of carboxylic acids is 1. The second kappa shape index (κ2) is 5.03. The number of nitrogens with zero attached hydrogens (tertiary/aromatic N) is 1. The molecule has 1 aliphatic carbocycles. The van der Waals surface area contributed by atoms with E-state index in [1.807, 2.05) is 0 Å². The Kier molecular flexibility index (Phi) is 3.45. The Hall–Kier alpha value is -2.11. The van der Waals surface area contributed by atoms with Gasteiger partial charge in [0.2, 0.25) is 0 Å². The molecule has 1 aliphatic rings. The fraction of sp³-hybridized carbons (Fsp3) is 0.417. The van der Waals surface area contributed by atoms with Crippen molar-refractivity contribution in [3.63, 3.8) is 0 Å². The van der Waals surface area contributed by atoms with Gasteiger partial charge >= 0.3 is 5.97 Å². The van der Waals surface area contributed by atoms with E-state index in [9.17, 15) is 14.7 Å². The summed E-state index contributed by atoms with van der Waals surface area (Å²) in [5, 5.41) is 20.9. The highest BCUT2D eigenvalue weighted by molar-refractivity contribution is 5.97. The molecule has 6 nitrogen and oxygen atoms in total. The van der Waals surface area contributed by atoms with Gasteiger partial charge < -0.3 is 15.5 Å². The minimum Gasteiger partial charge on any atom is -0.505 e. The Labute approximate surface area is 104 Å². The first-order valence-corrected chi connectivity index (χ1v) is 5.75. The number of hydrogen-bond donors (Lipinski definition) is 3. The summed E-state index contributed by atoms with van der Waals surface area (Å²) < 4.78 is 0. The molecular formula is C12H14N2O4. The number of rotatable bonds is 5. The van der Waals surface area contributed by atoms with E-state index in [1.54, 1.807) is 0 Å². The molecule has 1 unspecified atom stereocenters. The van der Waals surface area contributed by atoms with Crippen LogP contribution in [0.25, 0.3) is 0 Å². The summed E-state index contributed by atoms with van der Waals surface area (Å²) in [5.74, 6) is -1.61. The van der Waals surface area contributed by atoms with Crippen molar-refractivity contribution in [3.8, 4) is 5.75 Å². The van der Waals surface area contributed by atoms with Crippen LogP contribution in [0.1, 0.15) is 29.8 Å². The number of carboxylic acid groups (broad SMARTS) is 1. The molecule has 1 saturated carbocycles. The number of aromatic nitrogens is 1. The molecule has 0 radical (unpaired) electrons. The summed E-state index contributed by atoms with van der Waals surface area (Å²) in [4.78, 5) is 26.5. The lowest BCUT2D eigenvalue weighted by Crippen LogP contribution is -2.41. The Balaban J connectivity index is 2.04. The van der Waals surface area contributed by atoms with Gasteiger partial charge in [0.1, 0.15) is 11.8 Å². The van der Waals surface area contributed by atoms with E-state index in [-0.39, 0.29) is 11.4 Å². The number of pyridine rings is 1. The van der Waals surface area contributed by atoms with E-state index < -0.39 is 17.9 Å². The van der Waals surface area contributed by atoms with Crippen LogP contribution >= 0.6 is 0 Å². The highest BCUT2D eigenvalue weighted by atomic mass is 16.4. The van der Waals surface area contributed by atoms with Crippen LogP contribution < -0.4 is 5.32 Å². The van der Waals surface area contributed by atoms with Crippen LogP contribution in [0.4, 0.5) is 0 Å². The average molecular weight is 250 g/mol. The minimum atomic E-state index is -1.06. The van der Waals surface area contributed by atoms with Crippen molar-refractivity contribution in [1.82, 2.24) is 10.3 Å². The van der Waals surface area contributed by atoms with Gasteiger partial charge in [-0.15, -0.1) is 0 Å². The third-order valence-electron chi connectivity index (χ3n) is 2.87. The number of aromatic hydroxyl groups is 1. The SMILES string of the molecule is O=C(NC(CC1CC1)C(=O)O)c1ncccc1O. The third kappa shape index (κ3) is 2.97. The van der Waals surface area contributed by atoms with Gasteiger partial charge in [-0.2, -0.15) is 0 Å².